The van der Waals surface area contributed by atoms with Crippen LogP contribution in [-0.2, 0) is 15.8 Å². The fraction of sp³-hybridized carbons (Fsp3) is 0.367. The van der Waals surface area contributed by atoms with Gasteiger partial charge in [0, 0.05) is 45.3 Å². The van der Waals surface area contributed by atoms with E-state index in [0.29, 0.717) is 38.3 Å². The molecule has 5 rings (SSSR count). The van der Waals surface area contributed by atoms with Crippen LogP contribution in [0.2, 0.25) is 0 Å². The molecule has 0 radical (unpaired) electrons. The molecule has 0 N–H and O–H groups in total. The van der Waals surface area contributed by atoms with Crippen LogP contribution in [0.25, 0.3) is 0 Å². The van der Waals surface area contributed by atoms with Gasteiger partial charge < -0.3 is 19.3 Å². The van der Waals surface area contributed by atoms with Gasteiger partial charge in [-0.15, -0.1) is 0 Å². The molecule has 2 fully saturated rings. The number of hydrogen-bond acceptors (Lipinski definition) is 6. The minimum absolute atomic E-state index is 0.0646. The number of ether oxygens (including phenoxy) is 2. The van der Waals surface area contributed by atoms with E-state index >= 15 is 0 Å². The summed E-state index contributed by atoms with van der Waals surface area (Å²) in [5.74, 6) is 0.517. The summed E-state index contributed by atoms with van der Waals surface area (Å²) in [4.78, 5) is 37.5. The van der Waals surface area contributed by atoms with Crippen molar-refractivity contribution in [2.24, 2.45) is 0 Å². The third-order valence-corrected chi connectivity index (χ3v) is 7.35. The van der Waals surface area contributed by atoms with E-state index in [1.54, 1.807) is 42.3 Å². The number of para-hydroxylation sites is 1. The van der Waals surface area contributed by atoms with Crippen LogP contribution in [0.1, 0.15) is 25.3 Å². The van der Waals surface area contributed by atoms with Crippen LogP contribution in [-0.4, -0.2) is 71.2 Å². The van der Waals surface area contributed by atoms with Gasteiger partial charge in [-0.3, -0.25) is 14.5 Å². The van der Waals surface area contributed by atoms with E-state index in [1.165, 1.54) is 17.0 Å². The molecule has 0 saturated carbocycles. The van der Waals surface area contributed by atoms with Crippen LogP contribution in [0, 0.1) is 0 Å². The molecule has 2 aromatic carbocycles. The Morgan fingerprint density at radius 1 is 0.878 bits per heavy atom. The van der Waals surface area contributed by atoms with Gasteiger partial charge in [-0.1, -0.05) is 24.3 Å². The van der Waals surface area contributed by atoms with Gasteiger partial charge in [-0.25, -0.2) is 4.98 Å². The smallest absolute Gasteiger partial charge is 0.416 e. The lowest BCUT2D eigenvalue weighted by atomic mass is 10.1. The monoisotopic (exact) mass is 568 g/mol. The number of carbonyl (C=O) groups excluding carboxylic acids is 2. The van der Waals surface area contributed by atoms with Crippen molar-refractivity contribution >= 4 is 17.6 Å². The van der Waals surface area contributed by atoms with Crippen LogP contribution < -0.4 is 14.4 Å². The van der Waals surface area contributed by atoms with E-state index in [4.69, 9.17) is 9.47 Å². The number of piperazine rings is 1. The number of nitrogens with zero attached hydrogens (tertiary/aromatic N) is 4. The first-order valence-corrected chi connectivity index (χ1v) is 13.5. The standard InChI is InChI=1S/C30H31F3N4O4/c1-22(40-24-8-3-2-4-9-24)27(38)37-17-7-15-29(37,41-25-13-11-23(12-14-25)30(31,32)33)28(39)36-20-18-35(19-21-36)26-10-5-6-16-34-26/h2-6,8-14,16,22H,7,15,17-21H2,1H3. The van der Waals surface area contributed by atoms with Gasteiger partial charge in [0.25, 0.3) is 17.5 Å². The fourth-order valence-electron chi connectivity index (χ4n) is 5.26. The summed E-state index contributed by atoms with van der Waals surface area (Å²) in [6.07, 6.45) is -3.07. The molecule has 1 aromatic heterocycles. The van der Waals surface area contributed by atoms with Crippen molar-refractivity contribution in [2.45, 2.75) is 37.8 Å². The molecule has 2 aliphatic rings. The first-order chi connectivity index (χ1) is 19.7. The van der Waals surface area contributed by atoms with Crippen molar-refractivity contribution in [1.29, 1.82) is 0 Å². The number of pyridine rings is 1. The number of halogens is 3. The van der Waals surface area contributed by atoms with Crippen molar-refractivity contribution in [3.8, 4) is 11.5 Å². The number of benzene rings is 2. The molecule has 0 aliphatic carbocycles. The van der Waals surface area contributed by atoms with E-state index in [1.807, 2.05) is 24.3 Å². The lowest BCUT2D eigenvalue weighted by Crippen LogP contribution is -2.65. The number of rotatable bonds is 7. The van der Waals surface area contributed by atoms with Crippen molar-refractivity contribution in [3.05, 3.63) is 84.6 Å². The Morgan fingerprint density at radius 2 is 1.56 bits per heavy atom. The lowest BCUT2D eigenvalue weighted by Gasteiger charge is -2.43. The van der Waals surface area contributed by atoms with Crippen molar-refractivity contribution in [3.63, 3.8) is 0 Å². The fourth-order valence-corrected chi connectivity index (χ4v) is 5.26. The number of anilines is 1. The molecule has 3 heterocycles. The van der Waals surface area contributed by atoms with Crippen molar-refractivity contribution in [1.82, 2.24) is 14.8 Å². The predicted octanol–water partition coefficient (Wildman–Crippen LogP) is 4.61. The van der Waals surface area contributed by atoms with Gasteiger partial charge in [0.15, 0.2) is 6.10 Å². The topological polar surface area (TPSA) is 75.2 Å². The van der Waals surface area contributed by atoms with Crippen LogP contribution in [0.5, 0.6) is 11.5 Å². The van der Waals surface area contributed by atoms with E-state index in [-0.39, 0.29) is 18.7 Å². The molecular weight excluding hydrogens is 537 g/mol. The summed E-state index contributed by atoms with van der Waals surface area (Å²) < 4.78 is 51.7. The van der Waals surface area contributed by atoms with Gasteiger partial charge in [-0.2, -0.15) is 13.2 Å². The van der Waals surface area contributed by atoms with Crippen LogP contribution in [0.15, 0.2) is 79.0 Å². The average molecular weight is 569 g/mol. The quantitative estimate of drug-likeness (QED) is 0.415. The second kappa shape index (κ2) is 11.7. The zero-order valence-corrected chi connectivity index (χ0v) is 22.6. The number of hydrogen-bond donors (Lipinski definition) is 0. The molecule has 0 bridgehead atoms. The summed E-state index contributed by atoms with van der Waals surface area (Å²) in [6.45, 7) is 3.63. The molecule has 3 aromatic rings. The molecule has 216 valence electrons. The highest BCUT2D eigenvalue weighted by molar-refractivity contribution is 5.92. The molecule has 2 saturated heterocycles. The summed E-state index contributed by atoms with van der Waals surface area (Å²) in [7, 11) is 0. The van der Waals surface area contributed by atoms with Crippen LogP contribution in [0.3, 0.4) is 0 Å². The third kappa shape index (κ3) is 6.08. The molecule has 41 heavy (non-hydrogen) atoms. The van der Waals surface area contributed by atoms with Gasteiger partial charge in [-0.05, 0) is 61.9 Å². The average Bonchev–Trinajstić information content (AvgIpc) is 3.41. The molecule has 2 atom stereocenters. The Morgan fingerprint density at radius 3 is 2.20 bits per heavy atom. The van der Waals surface area contributed by atoms with Crippen LogP contribution in [0.4, 0.5) is 19.0 Å². The van der Waals surface area contributed by atoms with Gasteiger partial charge in [0.2, 0.25) is 0 Å². The predicted molar refractivity (Wildman–Crippen MR) is 145 cm³/mol. The Labute approximate surface area is 236 Å². The molecule has 8 nitrogen and oxygen atoms in total. The summed E-state index contributed by atoms with van der Waals surface area (Å²) >= 11 is 0. The zero-order chi connectivity index (χ0) is 29.0. The number of alkyl halides is 3. The molecule has 11 heteroatoms. The number of carbonyl (C=O) groups is 2. The van der Waals surface area contributed by atoms with E-state index in [0.717, 1.165) is 18.0 Å². The maximum atomic E-state index is 14.2. The highest BCUT2D eigenvalue weighted by atomic mass is 19.4. The highest BCUT2D eigenvalue weighted by Crippen LogP contribution is 2.37. The Kier molecular flexibility index (Phi) is 8.05. The summed E-state index contributed by atoms with van der Waals surface area (Å²) in [5.41, 5.74) is -2.56. The van der Waals surface area contributed by atoms with Gasteiger partial charge in [0.05, 0.1) is 5.56 Å². The molecular formula is C30H31F3N4O4. The van der Waals surface area contributed by atoms with E-state index in [2.05, 4.69) is 9.88 Å². The SMILES string of the molecule is CC(Oc1ccccc1)C(=O)N1CCCC1(Oc1ccc(C(F)(F)F)cc1)C(=O)N1CCN(c2ccccn2)CC1. The van der Waals surface area contributed by atoms with Gasteiger partial charge >= 0.3 is 6.18 Å². The lowest BCUT2D eigenvalue weighted by molar-refractivity contribution is -0.174. The number of amides is 2. The second-order valence-electron chi connectivity index (χ2n) is 10.0. The second-order valence-corrected chi connectivity index (χ2v) is 10.0. The maximum absolute atomic E-state index is 14.2. The number of aromatic nitrogens is 1. The first-order valence-electron chi connectivity index (χ1n) is 13.5. The van der Waals surface area contributed by atoms with E-state index in [9.17, 15) is 22.8 Å². The largest absolute Gasteiger partial charge is 0.481 e. The molecule has 0 spiro atoms. The minimum Gasteiger partial charge on any atom is -0.481 e. The summed E-state index contributed by atoms with van der Waals surface area (Å²) in [6, 6.07) is 18.7. The maximum Gasteiger partial charge on any atom is 0.416 e. The van der Waals surface area contributed by atoms with E-state index < -0.39 is 35.4 Å². The van der Waals surface area contributed by atoms with Crippen molar-refractivity contribution in [2.75, 3.05) is 37.6 Å². The molecule has 2 amide bonds. The Hall–Kier alpha value is -4.28. The third-order valence-electron chi connectivity index (χ3n) is 7.35. The summed E-state index contributed by atoms with van der Waals surface area (Å²) in [5, 5.41) is 0. The number of likely N-dealkylation sites (tertiary alicyclic amines) is 1. The molecule has 2 aliphatic heterocycles. The minimum atomic E-state index is -4.51. The first kappa shape index (κ1) is 28.3. The zero-order valence-electron chi connectivity index (χ0n) is 22.6. The Balaban J connectivity index is 1.40. The normalized spacial score (nSPS) is 20.0. The van der Waals surface area contributed by atoms with Crippen molar-refractivity contribution < 1.29 is 32.2 Å². The highest BCUT2D eigenvalue weighted by Gasteiger charge is 2.55. The Bertz CT molecular complexity index is 1330. The van der Waals surface area contributed by atoms with Crippen LogP contribution >= 0.6 is 0 Å². The van der Waals surface area contributed by atoms with Gasteiger partial charge in [0.1, 0.15) is 17.3 Å². The molecule has 2 unspecified atom stereocenters.